The first-order valence-electron chi connectivity index (χ1n) is 5.48. The Morgan fingerprint density at radius 3 is 2.78 bits per heavy atom. The lowest BCUT2D eigenvalue weighted by molar-refractivity contribution is -0.137. The van der Waals surface area contributed by atoms with Crippen molar-refractivity contribution in [1.82, 2.24) is 4.90 Å². The van der Waals surface area contributed by atoms with Gasteiger partial charge in [0.2, 0.25) is 5.91 Å². The van der Waals surface area contributed by atoms with Crippen molar-refractivity contribution in [3.8, 4) is 0 Å². The van der Waals surface area contributed by atoms with Gasteiger partial charge in [-0.25, -0.2) is 0 Å². The summed E-state index contributed by atoms with van der Waals surface area (Å²) in [5.41, 5.74) is 0.846. The summed E-state index contributed by atoms with van der Waals surface area (Å²) in [6.07, 6.45) is -0.179. The number of amides is 2. The lowest BCUT2D eigenvalue weighted by Crippen LogP contribution is -2.36. The van der Waals surface area contributed by atoms with Crippen molar-refractivity contribution < 1.29 is 19.5 Å². The fourth-order valence-corrected chi connectivity index (χ4v) is 1.80. The lowest BCUT2D eigenvalue weighted by Gasteiger charge is -2.18. The molecule has 0 unspecified atom stereocenters. The summed E-state index contributed by atoms with van der Waals surface area (Å²) >= 11 is 0. The number of rotatable bonds is 3. The van der Waals surface area contributed by atoms with Gasteiger partial charge in [-0.05, 0) is 12.1 Å². The molecule has 0 fully saturated rings. The van der Waals surface area contributed by atoms with E-state index in [1.807, 2.05) is 0 Å². The summed E-state index contributed by atoms with van der Waals surface area (Å²) in [5, 5.41) is 11.2. The number of benzene rings is 1. The number of para-hydroxylation sites is 1. The van der Waals surface area contributed by atoms with E-state index in [0.717, 1.165) is 0 Å². The van der Waals surface area contributed by atoms with Crippen LogP contribution in [0.1, 0.15) is 16.8 Å². The second kappa shape index (κ2) is 4.87. The largest absolute Gasteiger partial charge is 0.481 e. The number of nitrogens with one attached hydrogen (secondary N) is 1. The maximum atomic E-state index is 12.1. The van der Waals surface area contributed by atoms with Crippen molar-refractivity contribution >= 4 is 23.5 Å². The molecule has 0 saturated carbocycles. The molecule has 0 aliphatic carbocycles. The molecule has 6 nitrogen and oxygen atoms in total. The maximum Gasteiger partial charge on any atom is 0.305 e. The van der Waals surface area contributed by atoms with E-state index < -0.39 is 5.97 Å². The number of carboxylic acid groups (broad SMARTS) is 1. The fraction of sp³-hybridized carbons (Fsp3) is 0.250. The molecule has 1 heterocycles. The number of carbonyl (C=O) groups excluding carboxylic acids is 2. The first kappa shape index (κ1) is 12.1. The third-order valence-electron chi connectivity index (χ3n) is 2.65. The quantitative estimate of drug-likeness (QED) is 0.818. The normalized spacial score (nSPS) is 14.8. The molecular formula is C12H12N2O4. The maximum absolute atomic E-state index is 12.1. The Morgan fingerprint density at radius 2 is 2.06 bits per heavy atom. The number of aliphatic carboxylic acids is 1. The number of anilines is 1. The summed E-state index contributed by atoms with van der Waals surface area (Å²) in [7, 11) is 0. The number of carboxylic acids is 1. The SMILES string of the molecule is O=C(O)CCN1CC(=O)Nc2ccccc2C1=O. The van der Waals surface area contributed by atoms with E-state index in [-0.39, 0.29) is 31.3 Å². The van der Waals surface area contributed by atoms with E-state index in [9.17, 15) is 14.4 Å². The highest BCUT2D eigenvalue weighted by molar-refractivity contribution is 6.08. The number of hydrogen-bond donors (Lipinski definition) is 2. The van der Waals surface area contributed by atoms with Crippen LogP contribution in [0.5, 0.6) is 0 Å². The van der Waals surface area contributed by atoms with Gasteiger partial charge in [0.1, 0.15) is 6.54 Å². The molecule has 2 N–H and O–H groups in total. The monoisotopic (exact) mass is 248 g/mol. The third kappa shape index (κ3) is 2.48. The van der Waals surface area contributed by atoms with Crippen LogP contribution in [0, 0.1) is 0 Å². The van der Waals surface area contributed by atoms with Gasteiger partial charge >= 0.3 is 5.97 Å². The van der Waals surface area contributed by atoms with Crippen molar-refractivity contribution in [3.05, 3.63) is 29.8 Å². The average molecular weight is 248 g/mol. The highest BCUT2D eigenvalue weighted by Gasteiger charge is 2.25. The van der Waals surface area contributed by atoms with Crippen LogP contribution in [-0.2, 0) is 9.59 Å². The Hall–Kier alpha value is -2.37. The zero-order valence-corrected chi connectivity index (χ0v) is 9.55. The van der Waals surface area contributed by atoms with Crippen molar-refractivity contribution in [2.24, 2.45) is 0 Å². The standard InChI is InChI=1S/C12H12N2O4/c15-10-7-14(6-5-11(16)17)12(18)8-3-1-2-4-9(8)13-10/h1-4H,5-7H2,(H,13,15)(H,16,17). The van der Waals surface area contributed by atoms with Gasteiger partial charge < -0.3 is 15.3 Å². The molecule has 0 radical (unpaired) electrons. The molecule has 0 saturated heterocycles. The number of fused-ring (bicyclic) bond motifs is 1. The Balaban J connectivity index is 2.26. The highest BCUT2D eigenvalue weighted by atomic mass is 16.4. The van der Waals surface area contributed by atoms with Crippen LogP contribution < -0.4 is 5.32 Å². The summed E-state index contributed by atoms with van der Waals surface area (Å²) < 4.78 is 0. The van der Waals surface area contributed by atoms with Crippen LogP contribution in [0.15, 0.2) is 24.3 Å². The zero-order chi connectivity index (χ0) is 13.1. The average Bonchev–Trinajstić information content (AvgIpc) is 2.45. The lowest BCUT2D eigenvalue weighted by atomic mass is 10.1. The smallest absolute Gasteiger partial charge is 0.305 e. The molecule has 1 aliphatic rings. The number of hydrogen-bond acceptors (Lipinski definition) is 3. The van der Waals surface area contributed by atoms with Crippen LogP contribution in [0.4, 0.5) is 5.69 Å². The second-order valence-corrected chi connectivity index (χ2v) is 3.96. The van der Waals surface area contributed by atoms with Crippen LogP contribution >= 0.6 is 0 Å². The molecule has 0 aromatic heterocycles. The predicted octanol–water partition coefficient (Wildman–Crippen LogP) is 0.556. The molecule has 6 heteroatoms. The summed E-state index contributed by atoms with van der Waals surface area (Å²) in [4.78, 5) is 35.5. The molecule has 0 atom stereocenters. The molecule has 1 aromatic rings. The molecular weight excluding hydrogens is 236 g/mol. The zero-order valence-electron chi connectivity index (χ0n) is 9.55. The Labute approximate surface area is 103 Å². The van der Waals surface area contributed by atoms with E-state index in [1.165, 1.54) is 4.90 Å². The number of nitrogens with zero attached hydrogens (tertiary/aromatic N) is 1. The second-order valence-electron chi connectivity index (χ2n) is 3.96. The Morgan fingerprint density at radius 1 is 1.33 bits per heavy atom. The van der Waals surface area contributed by atoms with Gasteiger partial charge in [0.05, 0.1) is 17.7 Å². The highest BCUT2D eigenvalue weighted by Crippen LogP contribution is 2.20. The molecule has 94 valence electrons. The predicted molar refractivity (Wildman–Crippen MR) is 63.2 cm³/mol. The first-order valence-corrected chi connectivity index (χ1v) is 5.48. The van der Waals surface area contributed by atoms with Crippen LogP contribution in [-0.4, -0.2) is 40.9 Å². The van der Waals surface area contributed by atoms with Gasteiger partial charge in [-0.3, -0.25) is 14.4 Å². The van der Waals surface area contributed by atoms with E-state index in [4.69, 9.17) is 5.11 Å². The van der Waals surface area contributed by atoms with E-state index in [2.05, 4.69) is 5.32 Å². The molecule has 0 spiro atoms. The fourth-order valence-electron chi connectivity index (χ4n) is 1.80. The minimum Gasteiger partial charge on any atom is -0.481 e. The van der Waals surface area contributed by atoms with E-state index in [0.29, 0.717) is 11.3 Å². The topological polar surface area (TPSA) is 86.7 Å². The molecule has 2 amide bonds. The van der Waals surface area contributed by atoms with Gasteiger partial charge in [-0.15, -0.1) is 0 Å². The third-order valence-corrected chi connectivity index (χ3v) is 2.65. The van der Waals surface area contributed by atoms with Gasteiger partial charge in [0.15, 0.2) is 0 Å². The molecule has 1 aromatic carbocycles. The van der Waals surface area contributed by atoms with Crippen molar-refractivity contribution in [1.29, 1.82) is 0 Å². The molecule has 18 heavy (non-hydrogen) atoms. The minimum absolute atomic E-state index is 0.0237. The van der Waals surface area contributed by atoms with Gasteiger partial charge in [-0.2, -0.15) is 0 Å². The summed E-state index contributed by atoms with van der Waals surface area (Å²) in [5.74, 6) is -1.65. The molecule has 2 rings (SSSR count). The number of carbonyl (C=O) groups is 3. The van der Waals surface area contributed by atoms with E-state index >= 15 is 0 Å². The molecule has 0 bridgehead atoms. The summed E-state index contributed by atoms with van der Waals surface area (Å²) in [6, 6.07) is 6.67. The van der Waals surface area contributed by atoms with Crippen LogP contribution in [0.2, 0.25) is 0 Å². The summed E-state index contributed by atoms with van der Waals surface area (Å²) in [6.45, 7) is -0.100. The van der Waals surface area contributed by atoms with Crippen LogP contribution in [0.25, 0.3) is 0 Å². The van der Waals surface area contributed by atoms with Crippen molar-refractivity contribution in [2.45, 2.75) is 6.42 Å². The molecule has 1 aliphatic heterocycles. The van der Waals surface area contributed by atoms with Gasteiger partial charge in [0.25, 0.3) is 5.91 Å². The van der Waals surface area contributed by atoms with E-state index in [1.54, 1.807) is 24.3 Å². The van der Waals surface area contributed by atoms with Crippen LogP contribution in [0.3, 0.4) is 0 Å². The van der Waals surface area contributed by atoms with Gasteiger partial charge in [-0.1, -0.05) is 12.1 Å². The Kier molecular flexibility index (Phi) is 3.27. The van der Waals surface area contributed by atoms with Crippen molar-refractivity contribution in [3.63, 3.8) is 0 Å². The van der Waals surface area contributed by atoms with Gasteiger partial charge in [0, 0.05) is 6.54 Å². The first-order chi connectivity index (χ1) is 8.58. The minimum atomic E-state index is -0.999. The Bertz CT molecular complexity index is 513. The van der Waals surface area contributed by atoms with Crippen molar-refractivity contribution in [2.75, 3.05) is 18.4 Å².